The molecule has 0 heterocycles. The number of phosphoric ester groups is 1. The fourth-order valence-corrected chi connectivity index (χ4v) is 4.54. The minimum atomic E-state index is -4.55. The summed E-state index contributed by atoms with van der Waals surface area (Å²) in [5.74, 6) is -0.236. The number of carbonyl (C=O) groups excluding carboxylic acids is 1. The van der Waals surface area contributed by atoms with E-state index in [0.29, 0.717) is 17.3 Å². The van der Waals surface area contributed by atoms with Gasteiger partial charge in [0, 0.05) is 6.42 Å². The Labute approximate surface area is 206 Å². The van der Waals surface area contributed by atoms with Crippen molar-refractivity contribution in [2.75, 3.05) is 47.6 Å². The van der Waals surface area contributed by atoms with Crippen LogP contribution in [0.15, 0.2) is 0 Å². The third kappa shape index (κ3) is 20.9. The zero-order valence-electron chi connectivity index (χ0n) is 21.6. The molecule has 204 valence electrons. The maximum absolute atomic E-state index is 12.7. The molecule has 34 heavy (non-hydrogen) atoms. The van der Waals surface area contributed by atoms with Crippen LogP contribution in [0.5, 0.6) is 0 Å². The summed E-state index contributed by atoms with van der Waals surface area (Å²) in [4.78, 5) is 22.6. The number of aliphatic hydroxyl groups excluding tert-OH is 2. The summed E-state index contributed by atoms with van der Waals surface area (Å²) in [5, 5.41) is 18.1. The number of halogens is 1. The van der Waals surface area contributed by atoms with Crippen molar-refractivity contribution in [3.63, 3.8) is 0 Å². The van der Waals surface area contributed by atoms with Gasteiger partial charge >= 0.3 is 7.82 Å². The van der Waals surface area contributed by atoms with E-state index in [1.807, 2.05) is 21.1 Å². The van der Waals surface area contributed by atoms with Gasteiger partial charge in [-0.3, -0.25) is 18.2 Å². The molecule has 0 aromatic heterocycles. The minimum absolute atomic E-state index is 0.198. The highest BCUT2D eigenvalue weighted by Crippen LogP contribution is 2.45. The van der Waals surface area contributed by atoms with Gasteiger partial charge in [0.2, 0.25) is 0 Å². The molecule has 10 heteroatoms. The van der Waals surface area contributed by atoms with Gasteiger partial charge in [-0.2, -0.15) is 0 Å². The summed E-state index contributed by atoms with van der Waals surface area (Å²) in [7, 11) is 1.02. The molecule has 0 aromatic rings. The van der Waals surface area contributed by atoms with Gasteiger partial charge in [0.1, 0.15) is 12.6 Å². The first-order chi connectivity index (χ1) is 16.0. The number of rotatable bonds is 24. The lowest BCUT2D eigenvalue weighted by molar-refractivity contribution is -0.872. The summed E-state index contributed by atoms with van der Waals surface area (Å²) in [6.45, 7) is -1.15. The molecule has 0 aromatic carbocycles. The van der Waals surface area contributed by atoms with Crippen LogP contribution in [0.2, 0.25) is 0 Å². The van der Waals surface area contributed by atoms with Gasteiger partial charge in [0.05, 0.1) is 41.0 Å². The number of aliphatic hydroxyl groups is 2. The quantitative estimate of drug-likeness (QED) is 0.0984. The maximum atomic E-state index is 12.7. The zero-order chi connectivity index (χ0) is 25.9. The first-order valence-electron chi connectivity index (χ1n) is 12.8. The second-order valence-electron chi connectivity index (χ2n) is 10.2. The fraction of sp³-hybridized carbons (Fsp3) is 0.958. The monoisotopic (exact) mass is 514 g/mol. The van der Waals surface area contributed by atoms with E-state index in [2.05, 4.69) is 0 Å². The number of hydrogen-bond acceptors (Lipinski definition) is 6. The van der Waals surface area contributed by atoms with Crippen LogP contribution >= 0.6 is 7.82 Å². The van der Waals surface area contributed by atoms with E-state index >= 15 is 0 Å². The van der Waals surface area contributed by atoms with E-state index in [1.165, 1.54) is 38.5 Å². The van der Waals surface area contributed by atoms with Crippen molar-refractivity contribution in [2.45, 2.75) is 102 Å². The smallest absolute Gasteiger partial charge is 0.394 e. The number of ketones is 1. The van der Waals surface area contributed by atoms with Crippen LogP contribution in [0.1, 0.15) is 89.9 Å². The number of hydrogen-bond donors (Lipinski definition) is 3. The van der Waals surface area contributed by atoms with Crippen molar-refractivity contribution in [1.29, 1.82) is 0 Å². The molecular formula is C24H50FNO7P+. The van der Waals surface area contributed by atoms with E-state index in [4.69, 9.17) is 14.2 Å². The van der Waals surface area contributed by atoms with Crippen LogP contribution in [0, 0.1) is 0 Å². The van der Waals surface area contributed by atoms with Crippen molar-refractivity contribution >= 4 is 13.6 Å². The molecular weight excluding hydrogens is 464 g/mol. The van der Waals surface area contributed by atoms with Gasteiger partial charge in [-0.1, -0.05) is 70.6 Å². The predicted octanol–water partition coefficient (Wildman–Crippen LogP) is 4.55. The van der Waals surface area contributed by atoms with Gasteiger partial charge in [-0.15, -0.1) is 0 Å². The number of likely N-dealkylation sites (N-methyl/N-ethyl adjacent to an activating group) is 1. The molecule has 3 atom stereocenters. The molecule has 0 saturated carbocycles. The molecule has 0 fully saturated rings. The van der Waals surface area contributed by atoms with E-state index in [1.54, 1.807) is 0 Å². The molecule has 0 aliphatic heterocycles. The summed E-state index contributed by atoms with van der Waals surface area (Å²) in [5.41, 5.74) is 0. The van der Waals surface area contributed by atoms with Gasteiger partial charge in [-0.05, 0) is 12.8 Å². The molecule has 0 spiro atoms. The van der Waals surface area contributed by atoms with E-state index in [9.17, 15) is 23.7 Å². The Balaban J connectivity index is 4.10. The lowest BCUT2D eigenvalue weighted by Gasteiger charge is -2.29. The number of alkyl halides is 1. The highest BCUT2D eigenvalue weighted by Gasteiger charge is 2.34. The van der Waals surface area contributed by atoms with Crippen LogP contribution in [0.25, 0.3) is 0 Å². The third-order valence-electron chi connectivity index (χ3n) is 5.53. The average Bonchev–Trinajstić information content (AvgIpc) is 2.76. The van der Waals surface area contributed by atoms with Crippen molar-refractivity contribution < 1.29 is 42.4 Å². The maximum Gasteiger partial charge on any atom is 0.473 e. The van der Waals surface area contributed by atoms with Gasteiger partial charge in [-0.25, -0.2) is 4.57 Å². The summed E-state index contributed by atoms with van der Waals surface area (Å²) in [6.07, 6.45) is 11.9. The first-order valence-corrected chi connectivity index (χ1v) is 14.3. The van der Waals surface area contributed by atoms with E-state index in [0.717, 1.165) is 32.1 Å². The van der Waals surface area contributed by atoms with Crippen LogP contribution < -0.4 is 0 Å². The topological polar surface area (TPSA) is 113 Å². The number of Topliss-reactive ketones (excluding diaryl/α,β-unsaturated/α-hetero) is 1. The Kier molecular flexibility index (Phi) is 19.5. The predicted molar refractivity (Wildman–Crippen MR) is 132 cm³/mol. The Morgan fingerprint density at radius 3 is 1.74 bits per heavy atom. The number of carbonyl (C=O) groups is 1. The van der Waals surface area contributed by atoms with Crippen molar-refractivity contribution in [1.82, 2.24) is 0 Å². The number of unbranched alkanes of at least 4 members (excludes halogenated alkanes) is 12. The standard InChI is InChI=1S/C24H49FNO7P/c1-26(2,3)19-24(33-34(30,31)32-21-22(28)20-27)23(29)17-15-13-11-9-7-5-4-6-8-10-12-14-16-18-25/h22,24,27-28H,4-21H2,1-3H3/p+1/t22-,24?/m1/s1. The van der Waals surface area contributed by atoms with Crippen molar-refractivity contribution in [3.05, 3.63) is 0 Å². The van der Waals surface area contributed by atoms with E-state index in [-0.39, 0.29) is 25.4 Å². The number of quaternary nitrogens is 1. The molecule has 0 aliphatic carbocycles. The molecule has 8 nitrogen and oxygen atoms in total. The molecule has 2 unspecified atom stereocenters. The summed E-state index contributed by atoms with van der Waals surface area (Å²) < 4.78 is 34.4. The highest BCUT2D eigenvalue weighted by atomic mass is 31.2. The normalized spacial score (nSPS) is 15.7. The summed E-state index contributed by atoms with van der Waals surface area (Å²) >= 11 is 0. The van der Waals surface area contributed by atoms with Crippen LogP contribution in [-0.4, -0.2) is 85.2 Å². The summed E-state index contributed by atoms with van der Waals surface area (Å²) in [6, 6.07) is 0. The largest absolute Gasteiger partial charge is 0.473 e. The fourth-order valence-electron chi connectivity index (χ4n) is 3.61. The molecule has 3 N–H and O–H groups in total. The first kappa shape index (κ1) is 33.6. The van der Waals surface area contributed by atoms with Crippen LogP contribution in [0.4, 0.5) is 4.39 Å². The lowest BCUT2D eigenvalue weighted by Crippen LogP contribution is -2.45. The van der Waals surface area contributed by atoms with Crippen molar-refractivity contribution in [2.24, 2.45) is 0 Å². The number of nitrogens with zero attached hydrogens (tertiary/aromatic N) is 1. The molecule has 0 aliphatic rings. The second-order valence-corrected chi connectivity index (χ2v) is 11.6. The second kappa shape index (κ2) is 19.7. The van der Waals surface area contributed by atoms with Crippen molar-refractivity contribution in [3.8, 4) is 0 Å². The third-order valence-corrected chi connectivity index (χ3v) is 6.53. The SMILES string of the molecule is C[N+](C)(C)CC(OP(=O)(O)OC[C@H](O)CO)C(=O)CCCCCCCCCCCCCCCF. The average molecular weight is 515 g/mol. The van der Waals surface area contributed by atoms with Gasteiger partial charge in [0.25, 0.3) is 0 Å². The van der Waals surface area contributed by atoms with Gasteiger partial charge < -0.3 is 19.6 Å². The molecule has 0 radical (unpaired) electrons. The van der Waals surface area contributed by atoms with Gasteiger partial charge in [0.15, 0.2) is 11.9 Å². The molecule has 0 bridgehead atoms. The lowest BCUT2D eigenvalue weighted by atomic mass is 10.0. The molecule has 0 saturated heterocycles. The Hall–Kier alpha value is -0.410. The number of phosphoric acid groups is 1. The van der Waals surface area contributed by atoms with Crippen LogP contribution in [-0.2, 0) is 18.4 Å². The Morgan fingerprint density at radius 2 is 1.32 bits per heavy atom. The minimum Gasteiger partial charge on any atom is -0.394 e. The zero-order valence-corrected chi connectivity index (χ0v) is 22.5. The molecule has 0 rings (SSSR count). The molecule has 0 amide bonds. The van der Waals surface area contributed by atoms with E-state index < -0.39 is 33.2 Å². The Bertz CT molecular complexity index is 560. The highest BCUT2D eigenvalue weighted by molar-refractivity contribution is 7.47. The van der Waals surface area contributed by atoms with Crippen LogP contribution in [0.3, 0.4) is 0 Å². The Morgan fingerprint density at radius 1 is 0.882 bits per heavy atom.